The topological polar surface area (TPSA) is 54.0 Å². The first-order valence-electron chi connectivity index (χ1n) is 7.54. The van der Waals surface area contributed by atoms with Crippen LogP contribution in [-0.4, -0.2) is 24.0 Å². The molecule has 0 aliphatic carbocycles. The highest BCUT2D eigenvalue weighted by Crippen LogP contribution is 2.24. The van der Waals surface area contributed by atoms with Crippen LogP contribution in [0.5, 0.6) is 0 Å². The molecule has 1 fully saturated rings. The summed E-state index contributed by atoms with van der Waals surface area (Å²) in [5.41, 5.74) is 2.08. The number of aryl methyl sites for hydroxylation is 1. The zero-order chi connectivity index (χ0) is 14.4. The van der Waals surface area contributed by atoms with Gasteiger partial charge in [-0.15, -0.1) is 0 Å². The molecule has 0 spiro atoms. The molecule has 0 bridgehead atoms. The van der Waals surface area contributed by atoms with Crippen molar-refractivity contribution in [2.45, 2.75) is 39.7 Å². The number of hydrogen-bond acceptors (Lipinski definition) is 3. The third-order valence-electron chi connectivity index (χ3n) is 4.27. The van der Waals surface area contributed by atoms with Crippen molar-refractivity contribution >= 4 is 5.91 Å². The number of carbonyl (C=O) groups is 1. The van der Waals surface area contributed by atoms with Crippen molar-refractivity contribution in [3.05, 3.63) is 29.6 Å². The van der Waals surface area contributed by atoms with Crippen molar-refractivity contribution < 1.29 is 4.79 Å². The second-order valence-corrected chi connectivity index (χ2v) is 5.81. The van der Waals surface area contributed by atoms with Crippen molar-refractivity contribution in [2.24, 2.45) is 11.8 Å². The van der Waals surface area contributed by atoms with Gasteiger partial charge in [-0.25, -0.2) is 0 Å². The van der Waals surface area contributed by atoms with E-state index in [1.54, 1.807) is 6.20 Å². The van der Waals surface area contributed by atoms with E-state index in [4.69, 9.17) is 0 Å². The van der Waals surface area contributed by atoms with Gasteiger partial charge in [-0.3, -0.25) is 9.78 Å². The number of aromatic nitrogens is 1. The van der Waals surface area contributed by atoms with Crippen LogP contribution in [0.2, 0.25) is 0 Å². The van der Waals surface area contributed by atoms with Crippen LogP contribution in [0.15, 0.2) is 18.3 Å². The van der Waals surface area contributed by atoms with Crippen LogP contribution in [0.1, 0.15) is 37.4 Å². The quantitative estimate of drug-likeness (QED) is 0.864. The molecule has 110 valence electrons. The van der Waals surface area contributed by atoms with Crippen LogP contribution in [0.4, 0.5) is 0 Å². The van der Waals surface area contributed by atoms with Crippen LogP contribution in [0, 0.1) is 18.8 Å². The third kappa shape index (κ3) is 4.30. The van der Waals surface area contributed by atoms with Gasteiger partial charge in [0.1, 0.15) is 0 Å². The summed E-state index contributed by atoms with van der Waals surface area (Å²) < 4.78 is 0. The molecule has 4 nitrogen and oxygen atoms in total. The summed E-state index contributed by atoms with van der Waals surface area (Å²) in [7, 11) is 0. The molecule has 0 radical (unpaired) electrons. The van der Waals surface area contributed by atoms with Crippen LogP contribution >= 0.6 is 0 Å². The van der Waals surface area contributed by atoms with Crippen molar-refractivity contribution in [1.29, 1.82) is 0 Å². The van der Waals surface area contributed by atoms with E-state index in [2.05, 4.69) is 22.5 Å². The van der Waals surface area contributed by atoms with Crippen LogP contribution in [-0.2, 0) is 11.3 Å². The van der Waals surface area contributed by atoms with Crippen molar-refractivity contribution in [1.82, 2.24) is 15.6 Å². The Labute approximate surface area is 121 Å². The standard InChI is InChI=1S/C16H25N3O/c1-12-4-3-7-18-15(12)11-19-16(20)10-13(2)14-5-8-17-9-6-14/h3-4,7,13-14,17H,5-6,8-11H2,1-2H3,(H,19,20). The van der Waals surface area contributed by atoms with Gasteiger partial charge in [0, 0.05) is 12.6 Å². The molecule has 0 saturated carbocycles. The Hall–Kier alpha value is -1.42. The molecular weight excluding hydrogens is 250 g/mol. The van der Waals surface area contributed by atoms with Crippen molar-refractivity contribution in [2.75, 3.05) is 13.1 Å². The highest BCUT2D eigenvalue weighted by atomic mass is 16.1. The third-order valence-corrected chi connectivity index (χ3v) is 4.27. The van der Waals surface area contributed by atoms with Gasteiger partial charge >= 0.3 is 0 Å². The lowest BCUT2D eigenvalue weighted by molar-refractivity contribution is -0.122. The number of piperidine rings is 1. The largest absolute Gasteiger partial charge is 0.350 e. The fourth-order valence-electron chi connectivity index (χ4n) is 2.83. The highest BCUT2D eigenvalue weighted by Gasteiger charge is 2.21. The predicted octanol–water partition coefficient (Wildman–Crippen LogP) is 2.03. The zero-order valence-electron chi connectivity index (χ0n) is 12.5. The zero-order valence-corrected chi connectivity index (χ0v) is 12.5. The lowest BCUT2D eigenvalue weighted by atomic mass is 9.84. The van der Waals surface area contributed by atoms with Gasteiger partial charge in [-0.1, -0.05) is 13.0 Å². The second-order valence-electron chi connectivity index (χ2n) is 5.81. The molecular formula is C16H25N3O. The molecule has 4 heteroatoms. The Bertz CT molecular complexity index is 441. The summed E-state index contributed by atoms with van der Waals surface area (Å²) >= 11 is 0. The summed E-state index contributed by atoms with van der Waals surface area (Å²) in [5.74, 6) is 1.28. The molecule has 2 heterocycles. The minimum atomic E-state index is 0.140. The number of rotatable bonds is 5. The monoisotopic (exact) mass is 275 g/mol. The molecule has 20 heavy (non-hydrogen) atoms. The summed E-state index contributed by atoms with van der Waals surface area (Å²) in [5, 5.41) is 6.36. The summed E-state index contributed by atoms with van der Waals surface area (Å²) in [6.45, 7) is 6.92. The molecule has 1 aromatic rings. The van der Waals surface area contributed by atoms with E-state index in [0.29, 0.717) is 24.8 Å². The molecule has 1 unspecified atom stereocenters. The molecule has 1 saturated heterocycles. The van der Waals surface area contributed by atoms with E-state index >= 15 is 0 Å². The Morgan fingerprint density at radius 2 is 2.25 bits per heavy atom. The summed E-state index contributed by atoms with van der Waals surface area (Å²) in [6, 6.07) is 3.94. The number of amides is 1. The van der Waals surface area contributed by atoms with Gasteiger partial charge in [0.15, 0.2) is 0 Å². The SMILES string of the molecule is Cc1cccnc1CNC(=O)CC(C)C1CCNCC1. The number of carbonyl (C=O) groups excluding carboxylic acids is 1. The summed E-state index contributed by atoms with van der Waals surface area (Å²) in [4.78, 5) is 16.3. The minimum absolute atomic E-state index is 0.140. The lowest BCUT2D eigenvalue weighted by Crippen LogP contribution is -2.33. The number of pyridine rings is 1. The van der Waals surface area contributed by atoms with Gasteiger partial charge in [-0.05, 0) is 56.3 Å². The fourth-order valence-corrected chi connectivity index (χ4v) is 2.83. The van der Waals surface area contributed by atoms with E-state index in [0.717, 1.165) is 24.3 Å². The maximum atomic E-state index is 12.0. The molecule has 2 N–H and O–H groups in total. The van der Waals surface area contributed by atoms with Crippen LogP contribution < -0.4 is 10.6 Å². The van der Waals surface area contributed by atoms with E-state index in [1.165, 1.54) is 12.8 Å². The van der Waals surface area contributed by atoms with Crippen molar-refractivity contribution in [3.8, 4) is 0 Å². The maximum Gasteiger partial charge on any atom is 0.220 e. The Morgan fingerprint density at radius 3 is 2.95 bits per heavy atom. The lowest BCUT2D eigenvalue weighted by Gasteiger charge is -2.27. The highest BCUT2D eigenvalue weighted by molar-refractivity contribution is 5.76. The van der Waals surface area contributed by atoms with Crippen LogP contribution in [0.3, 0.4) is 0 Å². The molecule has 1 aliphatic rings. The number of nitrogens with one attached hydrogen (secondary N) is 2. The number of nitrogens with zero attached hydrogens (tertiary/aromatic N) is 1. The van der Waals surface area contributed by atoms with E-state index in [1.807, 2.05) is 19.1 Å². The van der Waals surface area contributed by atoms with Gasteiger partial charge in [-0.2, -0.15) is 0 Å². The first kappa shape index (κ1) is 15.0. The maximum absolute atomic E-state index is 12.0. The average Bonchev–Trinajstić information content (AvgIpc) is 2.47. The normalized spacial score (nSPS) is 17.7. The molecule has 1 atom stereocenters. The van der Waals surface area contributed by atoms with Gasteiger partial charge < -0.3 is 10.6 Å². The molecule has 2 rings (SSSR count). The molecule has 1 amide bonds. The summed E-state index contributed by atoms with van der Waals surface area (Å²) in [6.07, 6.45) is 4.77. The van der Waals surface area contributed by atoms with E-state index in [-0.39, 0.29) is 5.91 Å². The molecule has 1 aliphatic heterocycles. The predicted molar refractivity (Wildman–Crippen MR) is 80.2 cm³/mol. The number of hydrogen-bond donors (Lipinski definition) is 2. The van der Waals surface area contributed by atoms with E-state index < -0.39 is 0 Å². The smallest absolute Gasteiger partial charge is 0.220 e. The average molecular weight is 275 g/mol. The van der Waals surface area contributed by atoms with Crippen molar-refractivity contribution in [3.63, 3.8) is 0 Å². The Kier molecular flexibility index (Phi) is 5.53. The molecule has 0 aromatic carbocycles. The Balaban J connectivity index is 1.76. The van der Waals surface area contributed by atoms with E-state index in [9.17, 15) is 4.79 Å². The van der Waals surface area contributed by atoms with Gasteiger partial charge in [0.25, 0.3) is 0 Å². The first-order chi connectivity index (χ1) is 9.66. The second kappa shape index (κ2) is 7.39. The Morgan fingerprint density at radius 1 is 1.50 bits per heavy atom. The minimum Gasteiger partial charge on any atom is -0.350 e. The van der Waals surface area contributed by atoms with Crippen LogP contribution in [0.25, 0.3) is 0 Å². The van der Waals surface area contributed by atoms with Gasteiger partial charge in [0.05, 0.1) is 12.2 Å². The fraction of sp³-hybridized carbons (Fsp3) is 0.625. The van der Waals surface area contributed by atoms with Gasteiger partial charge in [0.2, 0.25) is 5.91 Å². The molecule has 1 aromatic heterocycles. The first-order valence-corrected chi connectivity index (χ1v) is 7.54.